The molecule has 0 atom stereocenters. The van der Waals surface area contributed by atoms with Gasteiger partial charge in [0.25, 0.3) is 0 Å². The zero-order chi connectivity index (χ0) is 12.7. The van der Waals surface area contributed by atoms with Crippen molar-refractivity contribution in [3.05, 3.63) is 54.1 Å². The molecule has 0 aliphatic rings. The van der Waals surface area contributed by atoms with Crippen molar-refractivity contribution in [2.45, 2.75) is 0 Å². The first-order valence-corrected chi connectivity index (χ1v) is 4.97. The Balaban J connectivity index is 0.000000171. The third kappa shape index (κ3) is 4.70. The summed E-state index contributed by atoms with van der Waals surface area (Å²) in [6, 6.07) is 13.2. The van der Waals surface area contributed by atoms with Gasteiger partial charge in [-0.1, -0.05) is 0 Å². The van der Waals surface area contributed by atoms with Gasteiger partial charge >= 0.3 is 0 Å². The normalized spacial score (nSPS) is 8.94. The van der Waals surface area contributed by atoms with Crippen LogP contribution < -0.4 is 11.5 Å². The first-order valence-electron chi connectivity index (χ1n) is 4.97. The molecule has 88 valence electrons. The van der Waals surface area contributed by atoms with Gasteiger partial charge in [0.05, 0.1) is 0 Å². The molecule has 17 heavy (non-hydrogen) atoms. The van der Waals surface area contributed by atoms with Gasteiger partial charge in [0.15, 0.2) is 0 Å². The number of nitrogens with two attached hydrogens (primary N) is 2. The number of hydrogen-bond donors (Lipinski definition) is 3. The molecule has 2 rings (SSSR count). The molecular weight excluding hydrogens is 216 g/mol. The van der Waals surface area contributed by atoms with Gasteiger partial charge in [0.1, 0.15) is 12.0 Å². The van der Waals surface area contributed by atoms with E-state index in [2.05, 4.69) is 0 Å². The number of hydrogen-bond acceptors (Lipinski definition) is 4. The number of aldehydes is 1. The maximum atomic E-state index is 10.0. The molecule has 2 aromatic carbocycles. The lowest BCUT2D eigenvalue weighted by atomic mass is 10.2. The van der Waals surface area contributed by atoms with Crippen molar-refractivity contribution in [3.63, 3.8) is 0 Å². The number of carbonyl (C=O) groups is 1. The molecule has 0 unspecified atom stereocenters. The minimum atomic E-state index is 0.181. The molecule has 0 bridgehead atoms. The fourth-order valence-electron chi connectivity index (χ4n) is 1.05. The van der Waals surface area contributed by atoms with Crippen LogP contribution in [0.25, 0.3) is 0 Å². The fourth-order valence-corrected chi connectivity index (χ4v) is 1.05. The van der Waals surface area contributed by atoms with Crippen LogP contribution in [-0.4, -0.2) is 11.4 Å². The van der Waals surface area contributed by atoms with Gasteiger partial charge in [-0.25, -0.2) is 0 Å². The van der Waals surface area contributed by atoms with Crippen LogP contribution in [0.5, 0.6) is 5.75 Å². The number of anilines is 2. The highest BCUT2D eigenvalue weighted by atomic mass is 16.3. The molecule has 0 heterocycles. The van der Waals surface area contributed by atoms with E-state index >= 15 is 0 Å². The SMILES string of the molecule is Nc1ccc(N)cc1.O=Cc1ccc(O)cc1. The molecule has 0 aromatic heterocycles. The summed E-state index contributed by atoms with van der Waals surface area (Å²) in [5, 5.41) is 8.74. The number of rotatable bonds is 1. The van der Waals surface area contributed by atoms with E-state index in [1.807, 2.05) is 0 Å². The molecule has 0 radical (unpaired) electrons. The third-order valence-electron chi connectivity index (χ3n) is 1.97. The molecule has 4 nitrogen and oxygen atoms in total. The fraction of sp³-hybridized carbons (Fsp3) is 0. The summed E-state index contributed by atoms with van der Waals surface area (Å²) in [4.78, 5) is 10.0. The second-order valence-electron chi connectivity index (χ2n) is 3.38. The van der Waals surface area contributed by atoms with Crippen LogP contribution in [0.3, 0.4) is 0 Å². The Hall–Kier alpha value is -2.49. The minimum absolute atomic E-state index is 0.181. The largest absolute Gasteiger partial charge is 0.508 e. The Morgan fingerprint density at radius 1 is 0.824 bits per heavy atom. The maximum absolute atomic E-state index is 10.0. The summed E-state index contributed by atoms with van der Waals surface area (Å²) < 4.78 is 0. The lowest BCUT2D eigenvalue weighted by Gasteiger charge is -1.90. The van der Waals surface area contributed by atoms with Crippen molar-refractivity contribution in [1.82, 2.24) is 0 Å². The van der Waals surface area contributed by atoms with Crippen molar-refractivity contribution in [3.8, 4) is 5.75 Å². The molecule has 0 aliphatic heterocycles. The molecule has 0 saturated carbocycles. The number of phenols is 1. The minimum Gasteiger partial charge on any atom is -0.508 e. The van der Waals surface area contributed by atoms with Gasteiger partial charge in [-0.3, -0.25) is 4.79 Å². The van der Waals surface area contributed by atoms with E-state index in [-0.39, 0.29) is 5.75 Å². The topological polar surface area (TPSA) is 89.3 Å². The summed E-state index contributed by atoms with van der Waals surface area (Å²) in [5.74, 6) is 0.181. The number of nitrogen functional groups attached to an aromatic ring is 2. The Bertz CT molecular complexity index is 443. The van der Waals surface area contributed by atoms with E-state index in [0.717, 1.165) is 17.7 Å². The Morgan fingerprint density at radius 2 is 1.24 bits per heavy atom. The molecule has 2 aromatic rings. The highest BCUT2D eigenvalue weighted by molar-refractivity contribution is 5.74. The van der Waals surface area contributed by atoms with Gasteiger partial charge in [-0.05, 0) is 48.5 Å². The van der Waals surface area contributed by atoms with E-state index in [0.29, 0.717) is 5.56 Å². The summed E-state index contributed by atoms with van der Waals surface area (Å²) in [7, 11) is 0. The smallest absolute Gasteiger partial charge is 0.150 e. The van der Waals surface area contributed by atoms with E-state index in [1.54, 1.807) is 36.4 Å². The second-order valence-corrected chi connectivity index (χ2v) is 3.38. The van der Waals surface area contributed by atoms with E-state index in [1.165, 1.54) is 12.1 Å². The quantitative estimate of drug-likeness (QED) is 0.516. The van der Waals surface area contributed by atoms with Gasteiger partial charge in [-0.15, -0.1) is 0 Å². The lowest BCUT2D eigenvalue weighted by Crippen LogP contribution is -1.86. The highest BCUT2D eigenvalue weighted by Crippen LogP contribution is 2.07. The maximum Gasteiger partial charge on any atom is 0.150 e. The molecule has 0 saturated heterocycles. The number of aromatic hydroxyl groups is 1. The molecule has 5 N–H and O–H groups in total. The van der Waals surface area contributed by atoms with Gasteiger partial charge in [0.2, 0.25) is 0 Å². The van der Waals surface area contributed by atoms with Crippen LogP contribution in [-0.2, 0) is 0 Å². The first-order chi connectivity index (χ1) is 8.11. The van der Waals surface area contributed by atoms with Crippen molar-refractivity contribution >= 4 is 17.7 Å². The number of benzene rings is 2. The van der Waals surface area contributed by atoms with Crippen molar-refractivity contribution in [1.29, 1.82) is 0 Å². The molecule has 4 heteroatoms. The second kappa shape index (κ2) is 6.17. The Morgan fingerprint density at radius 3 is 1.59 bits per heavy atom. The van der Waals surface area contributed by atoms with E-state index < -0.39 is 0 Å². The molecular formula is C13H14N2O2. The predicted molar refractivity (Wildman–Crippen MR) is 68.8 cm³/mol. The summed E-state index contributed by atoms with van der Waals surface area (Å²) in [6.07, 6.45) is 0.736. The first kappa shape index (κ1) is 12.6. The van der Waals surface area contributed by atoms with Gasteiger partial charge < -0.3 is 16.6 Å². The molecule has 0 aliphatic carbocycles. The van der Waals surface area contributed by atoms with E-state index in [4.69, 9.17) is 16.6 Å². The summed E-state index contributed by atoms with van der Waals surface area (Å²) >= 11 is 0. The molecule has 0 spiro atoms. The Kier molecular flexibility index (Phi) is 4.57. The predicted octanol–water partition coefficient (Wildman–Crippen LogP) is 2.06. The van der Waals surface area contributed by atoms with Gasteiger partial charge in [0, 0.05) is 16.9 Å². The monoisotopic (exact) mass is 230 g/mol. The summed E-state index contributed by atoms with van der Waals surface area (Å²) in [6.45, 7) is 0. The lowest BCUT2D eigenvalue weighted by molar-refractivity contribution is 0.112. The number of phenolic OH excluding ortho intramolecular Hbond substituents is 1. The zero-order valence-corrected chi connectivity index (χ0v) is 9.21. The van der Waals surface area contributed by atoms with Crippen LogP contribution in [0, 0.1) is 0 Å². The number of carbonyl (C=O) groups excluding carboxylic acids is 1. The Labute approximate surface area is 99.5 Å². The van der Waals surface area contributed by atoms with Crippen molar-refractivity contribution in [2.75, 3.05) is 11.5 Å². The standard InChI is InChI=1S/C7H6O2.C6H8N2/c8-5-6-1-3-7(9)4-2-6;7-5-1-2-6(8)4-3-5/h1-5,9H;1-4H,7-8H2. The van der Waals surface area contributed by atoms with Crippen LogP contribution >= 0.6 is 0 Å². The van der Waals surface area contributed by atoms with Crippen LogP contribution in [0.4, 0.5) is 11.4 Å². The average molecular weight is 230 g/mol. The van der Waals surface area contributed by atoms with Crippen LogP contribution in [0.1, 0.15) is 10.4 Å². The van der Waals surface area contributed by atoms with Crippen LogP contribution in [0.15, 0.2) is 48.5 Å². The van der Waals surface area contributed by atoms with Crippen LogP contribution in [0.2, 0.25) is 0 Å². The van der Waals surface area contributed by atoms with Crippen molar-refractivity contribution in [2.24, 2.45) is 0 Å². The average Bonchev–Trinajstić information content (AvgIpc) is 2.35. The van der Waals surface area contributed by atoms with Crippen molar-refractivity contribution < 1.29 is 9.90 Å². The third-order valence-corrected chi connectivity index (χ3v) is 1.97. The summed E-state index contributed by atoms with van der Waals surface area (Å²) in [5.41, 5.74) is 12.8. The highest BCUT2D eigenvalue weighted by Gasteiger charge is 1.87. The zero-order valence-electron chi connectivity index (χ0n) is 9.21. The molecule has 0 fully saturated rings. The molecule has 0 amide bonds. The van der Waals surface area contributed by atoms with E-state index in [9.17, 15) is 4.79 Å². The van der Waals surface area contributed by atoms with Gasteiger partial charge in [-0.2, -0.15) is 0 Å².